The summed E-state index contributed by atoms with van der Waals surface area (Å²) in [7, 11) is 0. The first kappa shape index (κ1) is 23.7. The minimum absolute atomic E-state index is 0.105. The molecule has 0 fully saturated rings. The van der Waals surface area contributed by atoms with Gasteiger partial charge >= 0.3 is 0 Å². The van der Waals surface area contributed by atoms with Crippen molar-refractivity contribution in [2.75, 3.05) is 17.2 Å². The van der Waals surface area contributed by atoms with Crippen molar-refractivity contribution in [1.82, 2.24) is 0 Å². The van der Waals surface area contributed by atoms with Gasteiger partial charge in [-0.05, 0) is 50.8 Å². The van der Waals surface area contributed by atoms with Crippen molar-refractivity contribution in [2.24, 2.45) is 0 Å². The molecule has 0 amide bonds. The monoisotopic (exact) mass is 384 g/mol. The van der Waals surface area contributed by atoms with Gasteiger partial charge in [-0.3, -0.25) is 0 Å². The molecule has 0 radical (unpaired) electrons. The molecule has 2 atom stereocenters. The summed E-state index contributed by atoms with van der Waals surface area (Å²) in [6, 6.07) is 12.8. The first-order valence-corrected chi connectivity index (χ1v) is 10.1. The predicted molar refractivity (Wildman–Crippen MR) is 123 cm³/mol. The summed E-state index contributed by atoms with van der Waals surface area (Å²) < 4.78 is 5.60. The van der Waals surface area contributed by atoms with Crippen LogP contribution >= 0.6 is 0 Å². The standard InChI is InChI=1S/C18H22N2O.C4H8O.C2H6/c1-4-21-13(3)11-12(2)18-19-15-9-5-7-14-8-6-10-16(20-18)17(14)15;1-3-4(2)5;1-2/h5-11,13,18-20H,4H2,1-3H3;3-5H,1H2,2H3;1-2H3/b12-11+;;. The van der Waals surface area contributed by atoms with Crippen LogP contribution in [-0.2, 0) is 4.74 Å². The Kier molecular flexibility index (Phi) is 10.4. The number of aliphatic hydroxyl groups is 1. The molecule has 0 saturated carbocycles. The molecule has 154 valence electrons. The molecule has 3 rings (SSSR count). The topological polar surface area (TPSA) is 53.5 Å². The third-order valence-corrected chi connectivity index (χ3v) is 4.23. The number of anilines is 2. The SMILES string of the molecule is C=CC(C)O.CC.CCOC(C)/C=C(\C)C1Nc2cccc3cccc(c23)N1. The van der Waals surface area contributed by atoms with Crippen molar-refractivity contribution in [2.45, 2.75) is 59.9 Å². The van der Waals surface area contributed by atoms with E-state index in [1.54, 1.807) is 6.92 Å². The van der Waals surface area contributed by atoms with Crippen molar-refractivity contribution in [3.05, 3.63) is 60.7 Å². The van der Waals surface area contributed by atoms with Crippen LogP contribution < -0.4 is 10.6 Å². The van der Waals surface area contributed by atoms with Gasteiger partial charge in [-0.1, -0.05) is 50.3 Å². The average molecular weight is 385 g/mol. The molecule has 0 spiro atoms. The van der Waals surface area contributed by atoms with Gasteiger partial charge in [0.1, 0.15) is 6.17 Å². The van der Waals surface area contributed by atoms with Gasteiger partial charge in [0.05, 0.1) is 12.2 Å². The summed E-state index contributed by atoms with van der Waals surface area (Å²) in [4.78, 5) is 0. The van der Waals surface area contributed by atoms with Gasteiger partial charge < -0.3 is 20.5 Å². The lowest BCUT2D eigenvalue weighted by Gasteiger charge is -2.30. The van der Waals surface area contributed by atoms with E-state index in [4.69, 9.17) is 9.84 Å². The zero-order chi connectivity index (χ0) is 21.1. The van der Waals surface area contributed by atoms with Crippen LogP contribution in [0.15, 0.2) is 60.7 Å². The molecular weight excluding hydrogens is 348 g/mol. The van der Waals surface area contributed by atoms with Crippen LogP contribution in [-0.4, -0.2) is 30.1 Å². The van der Waals surface area contributed by atoms with Gasteiger partial charge in [0.15, 0.2) is 0 Å². The molecule has 3 N–H and O–H groups in total. The summed E-state index contributed by atoms with van der Waals surface area (Å²) in [5.41, 5.74) is 3.61. The summed E-state index contributed by atoms with van der Waals surface area (Å²) in [6.45, 7) is 15.9. The highest BCUT2D eigenvalue weighted by Crippen LogP contribution is 2.35. The zero-order valence-corrected chi connectivity index (χ0v) is 18.1. The highest BCUT2D eigenvalue weighted by atomic mass is 16.5. The van der Waals surface area contributed by atoms with Crippen LogP contribution in [0.2, 0.25) is 0 Å². The lowest BCUT2D eigenvalue weighted by molar-refractivity contribution is 0.109. The van der Waals surface area contributed by atoms with E-state index in [0.29, 0.717) is 0 Å². The first-order valence-electron chi connectivity index (χ1n) is 10.1. The Bertz CT molecular complexity index is 728. The molecule has 1 aliphatic heterocycles. The van der Waals surface area contributed by atoms with E-state index < -0.39 is 0 Å². The number of benzene rings is 2. The Hall–Kier alpha value is -2.30. The molecule has 0 aromatic heterocycles. The molecule has 2 aromatic rings. The smallest absolute Gasteiger partial charge is 0.119 e. The van der Waals surface area contributed by atoms with Gasteiger partial charge in [-0.25, -0.2) is 0 Å². The lowest BCUT2D eigenvalue weighted by Crippen LogP contribution is -2.33. The zero-order valence-electron chi connectivity index (χ0n) is 18.1. The van der Waals surface area contributed by atoms with Crippen LogP contribution in [0.25, 0.3) is 10.8 Å². The number of rotatable bonds is 5. The predicted octanol–water partition coefficient (Wildman–Crippen LogP) is 5.95. The molecule has 0 saturated heterocycles. The fourth-order valence-corrected chi connectivity index (χ4v) is 2.93. The molecule has 28 heavy (non-hydrogen) atoms. The van der Waals surface area contributed by atoms with E-state index in [1.165, 1.54) is 33.8 Å². The third kappa shape index (κ3) is 6.70. The summed E-state index contributed by atoms with van der Waals surface area (Å²) >= 11 is 0. The molecule has 1 aliphatic rings. The van der Waals surface area contributed by atoms with Gasteiger partial charge in [0.25, 0.3) is 0 Å². The van der Waals surface area contributed by atoms with Crippen LogP contribution in [0.4, 0.5) is 11.4 Å². The minimum Gasteiger partial charge on any atom is -0.389 e. The molecule has 2 unspecified atom stereocenters. The number of aliphatic hydroxyl groups excluding tert-OH is 1. The molecule has 0 bridgehead atoms. The second-order valence-electron chi connectivity index (χ2n) is 6.48. The molecule has 2 aromatic carbocycles. The van der Waals surface area contributed by atoms with Crippen LogP contribution in [0.3, 0.4) is 0 Å². The van der Waals surface area contributed by atoms with Crippen molar-refractivity contribution < 1.29 is 9.84 Å². The molecule has 0 aliphatic carbocycles. The Morgan fingerprint density at radius 2 is 1.64 bits per heavy atom. The summed E-state index contributed by atoms with van der Waals surface area (Å²) in [6.07, 6.45) is 3.53. The maximum Gasteiger partial charge on any atom is 0.119 e. The van der Waals surface area contributed by atoms with E-state index in [0.717, 1.165) is 6.61 Å². The molecule has 1 heterocycles. The Morgan fingerprint density at radius 1 is 1.14 bits per heavy atom. The van der Waals surface area contributed by atoms with Gasteiger partial charge in [-0.2, -0.15) is 0 Å². The molecule has 4 nitrogen and oxygen atoms in total. The maximum absolute atomic E-state index is 8.24. The molecule has 4 heteroatoms. The van der Waals surface area contributed by atoms with Crippen molar-refractivity contribution in [1.29, 1.82) is 0 Å². The van der Waals surface area contributed by atoms with Crippen molar-refractivity contribution in [3.8, 4) is 0 Å². The Labute approximate surface area is 170 Å². The largest absolute Gasteiger partial charge is 0.389 e. The number of ether oxygens (including phenoxy) is 1. The minimum atomic E-state index is -0.352. The van der Waals surface area contributed by atoms with E-state index >= 15 is 0 Å². The normalized spacial score (nSPS) is 15.0. The average Bonchev–Trinajstić information content (AvgIpc) is 2.70. The maximum atomic E-state index is 8.24. The van der Waals surface area contributed by atoms with Crippen LogP contribution in [0.5, 0.6) is 0 Å². The number of nitrogens with one attached hydrogen (secondary N) is 2. The van der Waals surface area contributed by atoms with E-state index in [1.807, 2.05) is 20.8 Å². The summed E-state index contributed by atoms with van der Waals surface area (Å²) in [5.74, 6) is 0. The summed E-state index contributed by atoms with van der Waals surface area (Å²) in [5, 5.41) is 17.9. The van der Waals surface area contributed by atoms with E-state index in [2.05, 4.69) is 73.5 Å². The first-order chi connectivity index (χ1) is 13.5. The van der Waals surface area contributed by atoms with Crippen LogP contribution in [0, 0.1) is 0 Å². The van der Waals surface area contributed by atoms with Crippen molar-refractivity contribution in [3.63, 3.8) is 0 Å². The van der Waals surface area contributed by atoms with E-state index in [-0.39, 0.29) is 18.4 Å². The third-order valence-electron chi connectivity index (χ3n) is 4.23. The fraction of sp³-hybridized carbons (Fsp3) is 0.417. The Balaban J connectivity index is 0.000000490. The second-order valence-corrected chi connectivity index (χ2v) is 6.48. The van der Waals surface area contributed by atoms with Crippen molar-refractivity contribution >= 4 is 22.1 Å². The van der Waals surface area contributed by atoms with Crippen LogP contribution in [0.1, 0.15) is 41.5 Å². The van der Waals surface area contributed by atoms with Gasteiger partial charge in [0.2, 0.25) is 0 Å². The molecular formula is C24H36N2O2. The highest BCUT2D eigenvalue weighted by Gasteiger charge is 2.20. The number of hydrogen-bond acceptors (Lipinski definition) is 4. The highest BCUT2D eigenvalue weighted by molar-refractivity contribution is 6.04. The Morgan fingerprint density at radius 3 is 2.07 bits per heavy atom. The second kappa shape index (κ2) is 12.2. The number of hydrogen-bond donors (Lipinski definition) is 3. The fourth-order valence-electron chi connectivity index (χ4n) is 2.93. The van der Waals surface area contributed by atoms with Gasteiger partial charge in [-0.15, -0.1) is 6.58 Å². The van der Waals surface area contributed by atoms with Gasteiger partial charge in [0, 0.05) is 23.4 Å². The van der Waals surface area contributed by atoms with E-state index in [9.17, 15) is 0 Å². The quantitative estimate of drug-likeness (QED) is 0.557. The lowest BCUT2D eigenvalue weighted by atomic mass is 10.0.